The molecule has 140 valence electrons. The number of hydrogen-bond donors (Lipinski definition) is 2. The molecule has 1 aliphatic rings. The van der Waals surface area contributed by atoms with Crippen LogP contribution in [0.15, 0.2) is 49.2 Å². The average Bonchev–Trinajstić information content (AvgIpc) is 3.40. The van der Waals surface area contributed by atoms with Gasteiger partial charge in [0.2, 0.25) is 0 Å². The van der Waals surface area contributed by atoms with Crippen LogP contribution in [0.1, 0.15) is 40.5 Å². The Morgan fingerprint density at radius 1 is 1.22 bits per heavy atom. The van der Waals surface area contributed by atoms with Gasteiger partial charge in [-0.25, -0.2) is 9.67 Å². The summed E-state index contributed by atoms with van der Waals surface area (Å²) >= 11 is 0. The molecular weight excluding hydrogens is 342 g/mol. The number of imidazole rings is 1. The number of carbonyl (C=O) groups is 1. The van der Waals surface area contributed by atoms with Crippen molar-refractivity contribution in [2.75, 3.05) is 13.1 Å². The normalized spacial score (nSPS) is 15.0. The zero-order valence-corrected chi connectivity index (χ0v) is 15.1. The summed E-state index contributed by atoms with van der Waals surface area (Å²) in [4.78, 5) is 16.6. The molecule has 0 aliphatic carbocycles. The number of rotatable bonds is 6. The van der Waals surface area contributed by atoms with E-state index in [2.05, 4.69) is 32.0 Å². The van der Waals surface area contributed by atoms with E-state index in [0.29, 0.717) is 18.3 Å². The maximum atomic E-state index is 12.5. The highest BCUT2D eigenvalue weighted by atomic mass is 16.2. The van der Waals surface area contributed by atoms with Gasteiger partial charge in [0.15, 0.2) is 5.69 Å². The van der Waals surface area contributed by atoms with E-state index in [9.17, 15) is 4.79 Å². The quantitative estimate of drug-likeness (QED) is 0.689. The predicted octanol–water partition coefficient (Wildman–Crippen LogP) is 1.38. The van der Waals surface area contributed by atoms with Gasteiger partial charge in [-0.1, -0.05) is 29.5 Å². The number of hydrogen-bond acceptors (Lipinski definition) is 5. The van der Waals surface area contributed by atoms with Crippen molar-refractivity contribution >= 4 is 5.91 Å². The zero-order chi connectivity index (χ0) is 18.5. The van der Waals surface area contributed by atoms with Crippen molar-refractivity contribution in [3.63, 3.8) is 0 Å². The van der Waals surface area contributed by atoms with Crippen LogP contribution in [0.3, 0.4) is 0 Å². The summed E-state index contributed by atoms with van der Waals surface area (Å²) in [6, 6.07) is 8.39. The lowest BCUT2D eigenvalue weighted by molar-refractivity contribution is 0.0945. The van der Waals surface area contributed by atoms with Crippen molar-refractivity contribution in [3.05, 3.63) is 66.0 Å². The molecule has 27 heavy (non-hydrogen) atoms. The fraction of sp³-hybridized carbons (Fsp3) is 0.368. The van der Waals surface area contributed by atoms with Crippen LogP contribution in [0, 0.1) is 0 Å². The van der Waals surface area contributed by atoms with E-state index in [0.717, 1.165) is 43.6 Å². The highest BCUT2D eigenvalue weighted by Gasteiger charge is 2.18. The number of piperidine rings is 1. The second-order valence-corrected chi connectivity index (χ2v) is 6.75. The van der Waals surface area contributed by atoms with Gasteiger partial charge in [0.1, 0.15) is 0 Å². The van der Waals surface area contributed by atoms with Crippen LogP contribution in [-0.4, -0.2) is 43.5 Å². The molecule has 0 radical (unpaired) electrons. The molecule has 8 nitrogen and oxygen atoms in total. The first-order chi connectivity index (χ1) is 13.3. The lowest BCUT2D eigenvalue weighted by Crippen LogP contribution is -2.29. The lowest BCUT2D eigenvalue weighted by atomic mass is 10.1. The van der Waals surface area contributed by atoms with Crippen LogP contribution in [0.25, 0.3) is 0 Å². The minimum atomic E-state index is -0.201. The summed E-state index contributed by atoms with van der Waals surface area (Å²) < 4.78 is 3.83. The van der Waals surface area contributed by atoms with E-state index in [-0.39, 0.29) is 5.91 Å². The van der Waals surface area contributed by atoms with Crippen LogP contribution >= 0.6 is 0 Å². The third-order valence-electron chi connectivity index (χ3n) is 4.90. The van der Waals surface area contributed by atoms with Crippen molar-refractivity contribution in [2.45, 2.75) is 32.0 Å². The first-order valence-corrected chi connectivity index (χ1v) is 9.23. The molecule has 1 amide bonds. The van der Waals surface area contributed by atoms with E-state index in [1.165, 1.54) is 0 Å². The summed E-state index contributed by atoms with van der Waals surface area (Å²) in [6.45, 7) is 3.11. The molecule has 0 spiro atoms. The summed E-state index contributed by atoms with van der Waals surface area (Å²) in [5, 5.41) is 14.5. The fourth-order valence-corrected chi connectivity index (χ4v) is 3.36. The Hall–Kier alpha value is -3.00. The highest BCUT2D eigenvalue weighted by molar-refractivity contribution is 5.91. The minimum absolute atomic E-state index is 0.201. The molecule has 0 atom stereocenters. The van der Waals surface area contributed by atoms with E-state index in [1.807, 2.05) is 33.6 Å². The highest BCUT2D eigenvalue weighted by Crippen LogP contribution is 2.17. The topological polar surface area (TPSA) is 89.7 Å². The van der Waals surface area contributed by atoms with Gasteiger partial charge in [0, 0.05) is 25.5 Å². The molecule has 0 unspecified atom stereocenters. The first kappa shape index (κ1) is 17.4. The van der Waals surface area contributed by atoms with Crippen LogP contribution in [-0.2, 0) is 13.1 Å². The third-order valence-corrected chi connectivity index (χ3v) is 4.90. The first-order valence-electron chi connectivity index (χ1n) is 9.23. The zero-order valence-electron chi connectivity index (χ0n) is 15.1. The molecule has 4 rings (SSSR count). The van der Waals surface area contributed by atoms with Crippen molar-refractivity contribution in [2.24, 2.45) is 0 Å². The van der Waals surface area contributed by atoms with E-state index < -0.39 is 0 Å². The van der Waals surface area contributed by atoms with Gasteiger partial charge < -0.3 is 15.2 Å². The Labute approximate surface area is 157 Å². The molecule has 3 heterocycles. The SMILES string of the molecule is O=C(NCc1ccccc1Cn1ccnc1)c1cn(C2CCNCC2)nn1. The van der Waals surface area contributed by atoms with Gasteiger partial charge in [0.05, 0.1) is 18.6 Å². The largest absolute Gasteiger partial charge is 0.347 e. The van der Waals surface area contributed by atoms with Crippen molar-refractivity contribution in [3.8, 4) is 0 Å². The number of carbonyl (C=O) groups excluding carboxylic acids is 1. The summed E-state index contributed by atoms with van der Waals surface area (Å²) in [5.41, 5.74) is 2.58. The Morgan fingerprint density at radius 3 is 2.81 bits per heavy atom. The van der Waals surface area contributed by atoms with E-state index >= 15 is 0 Å². The monoisotopic (exact) mass is 365 g/mol. The summed E-state index contributed by atoms with van der Waals surface area (Å²) in [6.07, 6.45) is 9.24. The Balaban J connectivity index is 1.39. The van der Waals surface area contributed by atoms with Crippen molar-refractivity contribution < 1.29 is 4.79 Å². The van der Waals surface area contributed by atoms with Crippen molar-refractivity contribution in [1.82, 2.24) is 35.2 Å². The average molecular weight is 365 g/mol. The molecule has 1 saturated heterocycles. The van der Waals surface area contributed by atoms with Gasteiger partial charge in [-0.3, -0.25) is 4.79 Å². The molecule has 8 heteroatoms. The Kier molecular flexibility index (Phi) is 5.24. The van der Waals surface area contributed by atoms with Gasteiger partial charge >= 0.3 is 0 Å². The van der Waals surface area contributed by atoms with Gasteiger partial charge in [0.25, 0.3) is 5.91 Å². The number of aromatic nitrogens is 5. The molecule has 2 aromatic heterocycles. The van der Waals surface area contributed by atoms with Gasteiger partial charge in [-0.15, -0.1) is 5.10 Å². The van der Waals surface area contributed by atoms with Crippen molar-refractivity contribution in [1.29, 1.82) is 0 Å². The molecule has 0 saturated carbocycles. The molecule has 0 bridgehead atoms. The lowest BCUT2D eigenvalue weighted by Gasteiger charge is -2.22. The molecular formula is C19H23N7O. The van der Waals surface area contributed by atoms with Crippen LogP contribution in [0.4, 0.5) is 0 Å². The number of benzene rings is 1. The number of amides is 1. The maximum absolute atomic E-state index is 12.5. The van der Waals surface area contributed by atoms with Crippen LogP contribution in [0.2, 0.25) is 0 Å². The summed E-state index contributed by atoms with van der Waals surface area (Å²) in [5.74, 6) is -0.201. The summed E-state index contributed by atoms with van der Waals surface area (Å²) in [7, 11) is 0. The molecule has 1 fully saturated rings. The maximum Gasteiger partial charge on any atom is 0.273 e. The molecule has 3 aromatic rings. The molecule has 2 N–H and O–H groups in total. The predicted molar refractivity (Wildman–Crippen MR) is 100 cm³/mol. The van der Waals surface area contributed by atoms with Crippen LogP contribution in [0.5, 0.6) is 0 Å². The second-order valence-electron chi connectivity index (χ2n) is 6.75. The Morgan fingerprint density at radius 2 is 2.04 bits per heavy atom. The van der Waals surface area contributed by atoms with E-state index in [4.69, 9.17) is 0 Å². The smallest absolute Gasteiger partial charge is 0.273 e. The van der Waals surface area contributed by atoms with Gasteiger partial charge in [-0.05, 0) is 37.1 Å². The number of nitrogens with one attached hydrogen (secondary N) is 2. The third kappa shape index (κ3) is 4.22. The Bertz CT molecular complexity index is 881. The number of nitrogens with zero attached hydrogens (tertiary/aromatic N) is 5. The van der Waals surface area contributed by atoms with Crippen LogP contribution < -0.4 is 10.6 Å². The second kappa shape index (κ2) is 8.13. The van der Waals surface area contributed by atoms with E-state index in [1.54, 1.807) is 18.7 Å². The van der Waals surface area contributed by atoms with Gasteiger partial charge in [-0.2, -0.15) is 0 Å². The minimum Gasteiger partial charge on any atom is -0.347 e. The molecule has 1 aromatic carbocycles. The molecule has 1 aliphatic heterocycles. The fourth-order valence-electron chi connectivity index (χ4n) is 3.36. The standard InChI is InChI=1S/C19H23N7O/c27-19(18-13-26(24-23-18)17-5-7-20-8-6-17)22-11-15-3-1-2-4-16(15)12-25-10-9-21-14-25/h1-4,9-10,13-14,17,20H,5-8,11-12H2,(H,22,27).